The molecule has 1 aliphatic rings. The van der Waals surface area contributed by atoms with Gasteiger partial charge in [-0.05, 0) is 25.7 Å². The number of halogens is 1. The van der Waals surface area contributed by atoms with Gasteiger partial charge in [0.25, 0.3) is 0 Å². The molecule has 0 amide bonds. The van der Waals surface area contributed by atoms with Crippen LogP contribution in [-0.4, -0.2) is 80.4 Å². The summed E-state index contributed by atoms with van der Waals surface area (Å²) in [6.45, 7) is 7.22. The number of hydrogen-bond donors (Lipinski definition) is 3. The number of nitrogens with zero attached hydrogens (tertiary/aromatic N) is 2. The van der Waals surface area contributed by atoms with Gasteiger partial charge in [0.2, 0.25) is 10.0 Å². The molecule has 1 aliphatic heterocycles. The fourth-order valence-corrected chi connectivity index (χ4v) is 5.22. The van der Waals surface area contributed by atoms with Crippen molar-refractivity contribution >= 4 is 51.7 Å². The third kappa shape index (κ3) is 10.5. The monoisotopic (exact) mass is 522 g/mol. The lowest BCUT2D eigenvalue weighted by Gasteiger charge is -2.25. The predicted molar refractivity (Wildman–Crippen MR) is 122 cm³/mol. The Morgan fingerprint density at radius 3 is 2.50 bits per heavy atom. The minimum absolute atomic E-state index is 0. The van der Waals surface area contributed by atoms with Crippen molar-refractivity contribution in [1.82, 2.24) is 14.9 Å². The minimum Gasteiger partial charge on any atom is -0.396 e. The van der Waals surface area contributed by atoms with Crippen molar-refractivity contribution < 1.29 is 13.5 Å². The van der Waals surface area contributed by atoms with Crippen molar-refractivity contribution in [2.24, 2.45) is 10.9 Å². The van der Waals surface area contributed by atoms with Crippen LogP contribution in [0.2, 0.25) is 0 Å². The lowest BCUT2D eigenvalue weighted by Crippen LogP contribution is -2.44. The highest BCUT2D eigenvalue weighted by atomic mass is 127. The van der Waals surface area contributed by atoms with Gasteiger partial charge < -0.3 is 15.7 Å². The summed E-state index contributed by atoms with van der Waals surface area (Å²) in [7, 11) is -3.20. The van der Waals surface area contributed by atoms with Gasteiger partial charge >= 0.3 is 0 Å². The lowest BCUT2D eigenvalue weighted by molar-refractivity contribution is 0.253. The van der Waals surface area contributed by atoms with E-state index < -0.39 is 10.0 Å². The van der Waals surface area contributed by atoms with E-state index in [9.17, 15) is 8.42 Å². The Balaban J connectivity index is 0.00000625. The van der Waals surface area contributed by atoms with Crippen LogP contribution >= 0.6 is 35.7 Å². The van der Waals surface area contributed by atoms with Gasteiger partial charge in [-0.15, -0.1) is 24.0 Å². The molecule has 1 unspecified atom stereocenters. The van der Waals surface area contributed by atoms with Crippen molar-refractivity contribution in [3.63, 3.8) is 0 Å². The molecular weight excluding hydrogens is 487 g/mol. The molecule has 1 rings (SSSR count). The molecule has 0 saturated carbocycles. The number of aliphatic imine (C=N–C) groups is 1. The standard InChI is InChI=1S/C16H34N4O3S2.HI/c1-3-5-15(6-10-21)14-19-16(17-4-2)18-7-13-25(22,23)20-8-11-24-12-9-20;/h15,21H,3-14H2,1-2H3,(H2,17,18,19);1H. The number of aliphatic hydroxyl groups excluding tert-OH is 1. The number of hydrogen-bond acceptors (Lipinski definition) is 5. The largest absolute Gasteiger partial charge is 0.396 e. The normalized spacial score (nSPS) is 17.4. The van der Waals surface area contributed by atoms with E-state index in [1.54, 1.807) is 16.1 Å². The predicted octanol–water partition coefficient (Wildman–Crippen LogP) is 1.34. The summed E-state index contributed by atoms with van der Waals surface area (Å²) < 4.78 is 26.3. The maximum Gasteiger partial charge on any atom is 0.215 e. The zero-order chi connectivity index (χ0) is 18.5. The molecule has 0 spiro atoms. The van der Waals surface area contributed by atoms with Gasteiger partial charge in [0.15, 0.2) is 5.96 Å². The number of thioether (sulfide) groups is 1. The van der Waals surface area contributed by atoms with Crippen LogP contribution in [0, 0.1) is 5.92 Å². The molecular formula is C16H35IN4O3S2. The van der Waals surface area contributed by atoms with Crippen LogP contribution in [0.3, 0.4) is 0 Å². The molecule has 1 saturated heterocycles. The third-order valence-corrected chi connectivity index (χ3v) is 6.92. The van der Waals surface area contributed by atoms with Gasteiger partial charge in [-0.2, -0.15) is 11.8 Å². The van der Waals surface area contributed by atoms with Gasteiger partial charge in [0.05, 0.1) is 5.75 Å². The molecule has 156 valence electrons. The number of aliphatic hydroxyl groups is 1. The molecule has 3 N–H and O–H groups in total. The zero-order valence-corrected chi connectivity index (χ0v) is 19.9. The molecule has 7 nitrogen and oxygen atoms in total. The van der Waals surface area contributed by atoms with Crippen molar-refractivity contribution in [3.05, 3.63) is 0 Å². The Morgan fingerprint density at radius 1 is 1.23 bits per heavy atom. The second-order valence-electron chi connectivity index (χ2n) is 6.14. The van der Waals surface area contributed by atoms with Crippen molar-refractivity contribution in [1.29, 1.82) is 0 Å². The number of guanidine groups is 1. The van der Waals surface area contributed by atoms with Gasteiger partial charge in [-0.1, -0.05) is 13.3 Å². The van der Waals surface area contributed by atoms with Crippen LogP contribution in [0.5, 0.6) is 0 Å². The number of nitrogens with one attached hydrogen (secondary N) is 2. The second-order valence-corrected chi connectivity index (χ2v) is 9.45. The second kappa shape index (κ2) is 15.2. The molecule has 10 heteroatoms. The summed E-state index contributed by atoms with van der Waals surface area (Å²) >= 11 is 1.80. The first-order valence-corrected chi connectivity index (χ1v) is 12.0. The molecule has 1 heterocycles. The maximum absolute atomic E-state index is 12.4. The van der Waals surface area contributed by atoms with Gasteiger partial charge in [0, 0.05) is 50.8 Å². The number of rotatable bonds is 11. The first-order valence-electron chi connectivity index (χ1n) is 9.22. The van der Waals surface area contributed by atoms with Crippen molar-refractivity contribution in [2.75, 3.05) is 56.6 Å². The van der Waals surface area contributed by atoms with Crippen molar-refractivity contribution in [2.45, 2.75) is 33.1 Å². The summed E-state index contributed by atoms with van der Waals surface area (Å²) in [5, 5.41) is 15.4. The van der Waals surface area contributed by atoms with Crippen LogP contribution in [0.1, 0.15) is 33.1 Å². The molecule has 0 bridgehead atoms. The van der Waals surface area contributed by atoms with E-state index in [0.29, 0.717) is 38.1 Å². The van der Waals surface area contributed by atoms with Gasteiger partial charge in [-0.3, -0.25) is 4.99 Å². The van der Waals surface area contributed by atoms with Crippen molar-refractivity contribution in [3.8, 4) is 0 Å². The molecule has 0 aromatic heterocycles. The molecule has 0 aromatic carbocycles. The van der Waals surface area contributed by atoms with E-state index in [2.05, 4.69) is 22.5 Å². The molecule has 26 heavy (non-hydrogen) atoms. The Morgan fingerprint density at radius 2 is 1.92 bits per heavy atom. The summed E-state index contributed by atoms with van der Waals surface area (Å²) in [5.74, 6) is 2.84. The molecule has 0 aliphatic carbocycles. The fourth-order valence-electron chi connectivity index (χ4n) is 2.73. The summed E-state index contributed by atoms with van der Waals surface area (Å²) in [5.41, 5.74) is 0. The van der Waals surface area contributed by atoms with E-state index >= 15 is 0 Å². The Kier molecular flexibility index (Phi) is 15.3. The van der Waals surface area contributed by atoms with Crippen LogP contribution < -0.4 is 10.6 Å². The first-order chi connectivity index (χ1) is 12.0. The average molecular weight is 523 g/mol. The topological polar surface area (TPSA) is 94.0 Å². The highest BCUT2D eigenvalue weighted by Crippen LogP contribution is 2.13. The Bertz CT molecular complexity index is 480. The quantitative estimate of drug-likeness (QED) is 0.216. The van der Waals surface area contributed by atoms with E-state index in [1.165, 1.54) is 0 Å². The zero-order valence-electron chi connectivity index (χ0n) is 15.9. The summed E-state index contributed by atoms with van der Waals surface area (Å²) in [6, 6.07) is 0. The van der Waals surface area contributed by atoms with Crippen LogP contribution in [0.25, 0.3) is 0 Å². The average Bonchev–Trinajstić information content (AvgIpc) is 2.60. The molecule has 0 aromatic rings. The summed E-state index contributed by atoms with van der Waals surface area (Å²) in [6.07, 6.45) is 2.85. The highest BCUT2D eigenvalue weighted by Gasteiger charge is 2.23. The van der Waals surface area contributed by atoms with Crippen LogP contribution in [0.4, 0.5) is 0 Å². The van der Waals surface area contributed by atoms with Gasteiger partial charge in [-0.25, -0.2) is 12.7 Å². The fraction of sp³-hybridized carbons (Fsp3) is 0.938. The van der Waals surface area contributed by atoms with E-state index in [-0.39, 0.29) is 36.3 Å². The number of sulfonamides is 1. The van der Waals surface area contributed by atoms with Crippen LogP contribution in [0.15, 0.2) is 4.99 Å². The van der Waals surface area contributed by atoms with Crippen LogP contribution in [-0.2, 0) is 10.0 Å². The molecule has 1 atom stereocenters. The molecule has 0 radical (unpaired) electrons. The Labute approximate surface area is 180 Å². The smallest absolute Gasteiger partial charge is 0.215 e. The summed E-state index contributed by atoms with van der Waals surface area (Å²) in [4.78, 5) is 4.55. The third-order valence-electron chi connectivity index (χ3n) is 4.10. The minimum atomic E-state index is -3.20. The SMILES string of the molecule is CCCC(CCO)CN=C(NCC)NCCS(=O)(=O)N1CCSCC1.I. The van der Waals surface area contributed by atoms with E-state index in [1.807, 2.05) is 6.92 Å². The van der Waals surface area contributed by atoms with E-state index in [4.69, 9.17) is 5.11 Å². The highest BCUT2D eigenvalue weighted by molar-refractivity contribution is 14.0. The maximum atomic E-state index is 12.4. The molecule has 1 fully saturated rings. The van der Waals surface area contributed by atoms with E-state index in [0.717, 1.165) is 37.3 Å². The first kappa shape index (κ1) is 26.2. The Hall–Kier alpha value is 0.220. The lowest BCUT2D eigenvalue weighted by atomic mass is 10.0. The van der Waals surface area contributed by atoms with Gasteiger partial charge in [0.1, 0.15) is 0 Å².